The van der Waals surface area contributed by atoms with Gasteiger partial charge in [0.2, 0.25) is 0 Å². The monoisotopic (exact) mass is 267 g/mol. The molecule has 0 aliphatic carbocycles. The maximum Gasteiger partial charge on any atom is 0.0597 e. The summed E-state index contributed by atoms with van der Waals surface area (Å²) in [6, 6.07) is 4.91. The zero-order valence-corrected chi connectivity index (χ0v) is 12.7. The van der Waals surface area contributed by atoms with Crippen LogP contribution in [0.3, 0.4) is 0 Å². The third-order valence-corrected chi connectivity index (χ3v) is 5.15. The highest BCUT2D eigenvalue weighted by molar-refractivity contribution is 7.09. The van der Waals surface area contributed by atoms with E-state index in [1.165, 1.54) is 4.88 Å². The van der Waals surface area contributed by atoms with Gasteiger partial charge in [-0.3, -0.25) is 0 Å². The first-order chi connectivity index (χ1) is 8.63. The fourth-order valence-electron chi connectivity index (χ4n) is 3.24. The molecular formula is C15H25NOS. The van der Waals surface area contributed by atoms with Crippen LogP contribution in [0.1, 0.15) is 32.6 Å². The molecule has 1 N–H and O–H groups in total. The molecule has 2 nitrogen and oxygen atoms in total. The van der Waals surface area contributed by atoms with E-state index in [1.54, 1.807) is 0 Å². The number of nitrogens with one attached hydrogen (secondary N) is 1. The number of hydrogen-bond donors (Lipinski definition) is 1. The van der Waals surface area contributed by atoms with Crippen molar-refractivity contribution in [3.63, 3.8) is 0 Å². The molecule has 2 heterocycles. The second-order valence-corrected chi connectivity index (χ2v) is 6.46. The minimum atomic E-state index is 0.360. The van der Waals surface area contributed by atoms with Crippen molar-refractivity contribution in [1.82, 2.24) is 5.32 Å². The molecule has 1 aromatic rings. The van der Waals surface area contributed by atoms with Crippen LogP contribution in [0.15, 0.2) is 17.5 Å². The van der Waals surface area contributed by atoms with E-state index in [4.69, 9.17) is 4.74 Å². The first kappa shape index (κ1) is 14.0. The lowest BCUT2D eigenvalue weighted by Crippen LogP contribution is -2.43. The topological polar surface area (TPSA) is 21.3 Å². The van der Waals surface area contributed by atoms with E-state index < -0.39 is 0 Å². The van der Waals surface area contributed by atoms with E-state index in [2.05, 4.69) is 50.5 Å². The molecule has 1 aliphatic rings. The van der Waals surface area contributed by atoms with E-state index in [0.717, 1.165) is 13.0 Å². The second-order valence-electron chi connectivity index (χ2n) is 5.43. The molecule has 5 unspecified atom stereocenters. The number of thiophene rings is 1. The first-order valence-electron chi connectivity index (χ1n) is 7.04. The van der Waals surface area contributed by atoms with Gasteiger partial charge in [0.15, 0.2) is 0 Å². The lowest BCUT2D eigenvalue weighted by Gasteiger charge is -2.29. The van der Waals surface area contributed by atoms with Gasteiger partial charge >= 0.3 is 0 Å². The van der Waals surface area contributed by atoms with Crippen LogP contribution in [0.2, 0.25) is 0 Å². The van der Waals surface area contributed by atoms with Crippen molar-refractivity contribution in [2.24, 2.45) is 11.8 Å². The summed E-state index contributed by atoms with van der Waals surface area (Å²) in [5.74, 6) is 1.24. The molecular weight excluding hydrogens is 242 g/mol. The molecule has 0 aromatic carbocycles. The molecule has 0 saturated carbocycles. The predicted octanol–water partition coefficient (Wildman–Crippen LogP) is 3.33. The van der Waals surface area contributed by atoms with Crippen LogP contribution >= 0.6 is 11.3 Å². The Labute approximate surface area is 115 Å². The van der Waals surface area contributed by atoms with Gasteiger partial charge < -0.3 is 10.1 Å². The third-order valence-electron chi connectivity index (χ3n) is 4.25. The van der Waals surface area contributed by atoms with Gasteiger partial charge in [-0.1, -0.05) is 19.9 Å². The summed E-state index contributed by atoms with van der Waals surface area (Å²) in [6.45, 7) is 9.98. The summed E-state index contributed by atoms with van der Waals surface area (Å²) in [6.07, 6.45) is 1.87. The molecule has 1 saturated heterocycles. The highest BCUT2D eigenvalue weighted by Crippen LogP contribution is 2.35. The maximum absolute atomic E-state index is 6.00. The Hall–Kier alpha value is -0.380. The number of ether oxygens (including phenoxy) is 1. The molecule has 1 aromatic heterocycles. The second kappa shape index (κ2) is 6.18. The Morgan fingerprint density at radius 2 is 2.11 bits per heavy atom. The van der Waals surface area contributed by atoms with Crippen LogP contribution in [0.5, 0.6) is 0 Å². The SMILES string of the molecule is CCNC(Cc1cccs1)C1C(C)OC(C)C1C. The van der Waals surface area contributed by atoms with E-state index in [0.29, 0.717) is 30.1 Å². The van der Waals surface area contributed by atoms with Gasteiger partial charge in [-0.15, -0.1) is 11.3 Å². The Morgan fingerprint density at radius 1 is 1.33 bits per heavy atom. The largest absolute Gasteiger partial charge is 0.375 e. The Balaban J connectivity index is 2.09. The van der Waals surface area contributed by atoms with Crippen molar-refractivity contribution >= 4 is 11.3 Å². The summed E-state index contributed by atoms with van der Waals surface area (Å²) >= 11 is 1.86. The van der Waals surface area contributed by atoms with Gasteiger partial charge in [0.1, 0.15) is 0 Å². The smallest absolute Gasteiger partial charge is 0.0597 e. The zero-order valence-electron chi connectivity index (χ0n) is 11.8. The number of hydrogen-bond acceptors (Lipinski definition) is 3. The summed E-state index contributed by atoms with van der Waals surface area (Å²) in [5.41, 5.74) is 0. The molecule has 18 heavy (non-hydrogen) atoms. The number of likely N-dealkylation sites (N-methyl/N-ethyl adjacent to an activating group) is 1. The lowest BCUT2D eigenvalue weighted by molar-refractivity contribution is 0.0477. The summed E-state index contributed by atoms with van der Waals surface area (Å²) < 4.78 is 6.00. The Morgan fingerprint density at radius 3 is 2.61 bits per heavy atom. The lowest BCUT2D eigenvalue weighted by atomic mass is 9.82. The number of rotatable bonds is 5. The van der Waals surface area contributed by atoms with Crippen LogP contribution in [0.4, 0.5) is 0 Å². The fraction of sp³-hybridized carbons (Fsp3) is 0.733. The van der Waals surface area contributed by atoms with Crippen molar-refractivity contribution in [2.75, 3.05) is 6.54 Å². The standard InChI is InChI=1S/C15H25NOS/c1-5-16-14(9-13-7-6-8-18-13)15-10(2)11(3)17-12(15)4/h6-8,10-12,14-16H,5,9H2,1-4H3. The molecule has 1 fully saturated rings. The van der Waals surface area contributed by atoms with Crippen LogP contribution in [-0.4, -0.2) is 24.8 Å². The summed E-state index contributed by atoms with van der Waals surface area (Å²) in [4.78, 5) is 1.47. The average molecular weight is 267 g/mol. The van der Waals surface area contributed by atoms with E-state index in [9.17, 15) is 0 Å². The molecule has 0 amide bonds. The van der Waals surface area contributed by atoms with Crippen LogP contribution in [0.25, 0.3) is 0 Å². The average Bonchev–Trinajstić information content (AvgIpc) is 2.89. The van der Waals surface area contributed by atoms with Gasteiger partial charge in [-0.2, -0.15) is 0 Å². The molecule has 0 spiro atoms. The van der Waals surface area contributed by atoms with Crippen molar-refractivity contribution in [1.29, 1.82) is 0 Å². The normalized spacial score (nSPS) is 33.8. The molecule has 0 bridgehead atoms. The summed E-state index contributed by atoms with van der Waals surface area (Å²) in [7, 11) is 0. The van der Waals surface area contributed by atoms with E-state index in [1.807, 2.05) is 11.3 Å². The summed E-state index contributed by atoms with van der Waals surface area (Å²) in [5, 5.41) is 5.84. The van der Waals surface area contributed by atoms with Gasteiger partial charge in [0.05, 0.1) is 12.2 Å². The van der Waals surface area contributed by atoms with E-state index >= 15 is 0 Å². The van der Waals surface area contributed by atoms with Gasteiger partial charge in [0, 0.05) is 16.8 Å². The molecule has 2 rings (SSSR count). The maximum atomic E-state index is 6.00. The molecule has 3 heteroatoms. The first-order valence-corrected chi connectivity index (χ1v) is 7.92. The van der Waals surface area contributed by atoms with E-state index in [-0.39, 0.29) is 0 Å². The highest BCUT2D eigenvalue weighted by atomic mass is 32.1. The zero-order chi connectivity index (χ0) is 13.1. The van der Waals surface area contributed by atoms with Crippen LogP contribution < -0.4 is 5.32 Å². The third kappa shape index (κ3) is 2.95. The predicted molar refractivity (Wildman–Crippen MR) is 78.2 cm³/mol. The van der Waals surface area contributed by atoms with Crippen molar-refractivity contribution in [3.05, 3.63) is 22.4 Å². The minimum Gasteiger partial charge on any atom is -0.375 e. The van der Waals surface area contributed by atoms with Gasteiger partial charge in [-0.25, -0.2) is 0 Å². The molecule has 102 valence electrons. The highest BCUT2D eigenvalue weighted by Gasteiger charge is 2.41. The van der Waals surface area contributed by atoms with Crippen molar-refractivity contribution < 1.29 is 4.74 Å². The Kier molecular flexibility index (Phi) is 4.82. The fourth-order valence-corrected chi connectivity index (χ4v) is 4.00. The van der Waals surface area contributed by atoms with Crippen molar-refractivity contribution in [2.45, 2.75) is 52.4 Å². The van der Waals surface area contributed by atoms with Gasteiger partial charge in [-0.05, 0) is 44.2 Å². The molecule has 1 aliphatic heterocycles. The molecule has 5 atom stereocenters. The minimum absolute atomic E-state index is 0.360. The Bertz CT molecular complexity index is 351. The molecule has 0 radical (unpaired) electrons. The van der Waals surface area contributed by atoms with Gasteiger partial charge in [0.25, 0.3) is 0 Å². The quantitative estimate of drug-likeness (QED) is 0.883. The van der Waals surface area contributed by atoms with Crippen LogP contribution in [-0.2, 0) is 11.2 Å². The van der Waals surface area contributed by atoms with Crippen molar-refractivity contribution in [3.8, 4) is 0 Å². The van der Waals surface area contributed by atoms with Crippen LogP contribution in [0, 0.1) is 11.8 Å².